The Hall–Kier alpha value is -4.16. The summed E-state index contributed by atoms with van der Waals surface area (Å²) in [6, 6.07) is 10.6. The van der Waals surface area contributed by atoms with Crippen LogP contribution in [0.15, 0.2) is 60.8 Å². The first-order valence-electron chi connectivity index (χ1n) is 15.4. The second kappa shape index (κ2) is 16.5. The van der Waals surface area contributed by atoms with E-state index in [1.807, 2.05) is 0 Å². The maximum absolute atomic E-state index is 15.4. The van der Waals surface area contributed by atoms with Crippen LogP contribution in [-0.4, -0.2) is 62.9 Å². The number of nitrogens with one attached hydrogen (secondary N) is 4. The quantitative estimate of drug-likeness (QED) is 0.214. The molecule has 2 aromatic carbocycles. The van der Waals surface area contributed by atoms with Crippen LogP contribution >= 0.6 is 11.6 Å². The van der Waals surface area contributed by atoms with E-state index in [1.165, 1.54) is 30.5 Å². The lowest BCUT2D eigenvalue weighted by molar-refractivity contribution is -0.118. The fraction of sp³-hybridized carbons (Fsp3) is 0.382. The van der Waals surface area contributed by atoms with Crippen molar-refractivity contribution in [2.75, 3.05) is 24.7 Å². The predicted octanol–water partition coefficient (Wildman–Crippen LogP) is 5.09. The van der Waals surface area contributed by atoms with Gasteiger partial charge in [0.25, 0.3) is 5.92 Å². The van der Waals surface area contributed by atoms with Gasteiger partial charge in [0.2, 0.25) is 15.9 Å². The van der Waals surface area contributed by atoms with Gasteiger partial charge in [-0.2, -0.15) is 8.78 Å². The highest BCUT2D eigenvalue weighted by Crippen LogP contribution is 2.33. The second-order valence-corrected chi connectivity index (χ2v) is 14.0. The van der Waals surface area contributed by atoms with E-state index in [9.17, 15) is 26.8 Å². The number of pyridine rings is 1. The average Bonchev–Trinajstić information content (AvgIpc) is 3.12. The molecule has 1 saturated heterocycles. The maximum atomic E-state index is 15.4. The topological polar surface area (TPSA) is 139 Å². The van der Waals surface area contributed by atoms with E-state index in [0.29, 0.717) is 35.9 Å². The van der Waals surface area contributed by atoms with Crippen molar-refractivity contribution in [1.82, 2.24) is 20.3 Å². The van der Waals surface area contributed by atoms with Crippen LogP contribution in [0.2, 0.25) is 5.02 Å². The van der Waals surface area contributed by atoms with Crippen molar-refractivity contribution >= 4 is 39.3 Å². The Bertz CT molecular complexity index is 1770. The van der Waals surface area contributed by atoms with Gasteiger partial charge < -0.3 is 20.7 Å². The fourth-order valence-corrected chi connectivity index (χ4v) is 7.06. The molecule has 4 rings (SSSR count). The van der Waals surface area contributed by atoms with Crippen molar-refractivity contribution in [1.29, 1.82) is 0 Å². The van der Waals surface area contributed by atoms with E-state index in [1.54, 1.807) is 24.3 Å². The molecule has 4 atom stereocenters. The zero-order valence-corrected chi connectivity index (χ0v) is 28.4. The number of benzene rings is 2. The Kier molecular flexibility index (Phi) is 12.7. The summed E-state index contributed by atoms with van der Waals surface area (Å²) >= 11 is 6.11. The molecule has 1 aliphatic heterocycles. The van der Waals surface area contributed by atoms with Crippen LogP contribution < -0.4 is 20.7 Å². The number of nitrogens with zero attached hydrogens (tertiary/aromatic N) is 1. The number of methoxy groups -OCH3 is 1. The van der Waals surface area contributed by atoms with Gasteiger partial charge in [0.05, 0.1) is 18.9 Å². The van der Waals surface area contributed by atoms with Crippen molar-refractivity contribution in [3.8, 4) is 12.3 Å². The lowest BCUT2D eigenvalue weighted by atomic mass is 9.85. The highest BCUT2D eigenvalue weighted by Gasteiger charge is 2.35. The molecule has 2 amide bonds. The van der Waals surface area contributed by atoms with E-state index >= 15 is 4.39 Å². The third-order valence-corrected chi connectivity index (χ3v) is 9.85. The SMILES string of the molecule is C#CC1CCCS(=O)(=O)NC(CCc2c(F)cccc2NC(=O)[C@@H](NC(=O)OC)[C@@H](c2ccc(Cl)cc2)c2ccc(C(C)(F)F)nc2)CN1. The van der Waals surface area contributed by atoms with Crippen molar-refractivity contribution in [3.63, 3.8) is 0 Å². The van der Waals surface area contributed by atoms with Gasteiger partial charge in [0.15, 0.2) is 0 Å². The summed E-state index contributed by atoms with van der Waals surface area (Å²) in [7, 11) is -2.51. The van der Waals surface area contributed by atoms with E-state index in [2.05, 4.69) is 31.6 Å². The second-order valence-electron chi connectivity index (χ2n) is 11.7. The van der Waals surface area contributed by atoms with E-state index in [0.717, 1.165) is 13.2 Å². The smallest absolute Gasteiger partial charge is 0.407 e. The number of halogens is 4. The molecule has 3 aromatic rings. The molecule has 1 fully saturated rings. The summed E-state index contributed by atoms with van der Waals surface area (Å²) in [5.41, 5.74) is 0.459. The molecule has 0 spiro atoms. The minimum atomic E-state index is -3.62. The standard InChI is InChI=1S/C34H37ClF3N5O5S/c1-4-24-7-6-18-49(46,47)43-25(20-39-24)15-16-26-27(36)8-5-9-28(26)41-32(44)31(42-33(45)48-3)30(21-10-13-23(35)14-11-21)22-12-17-29(40-19-22)34(2,37)38/h1,5,8-14,17,19,24-25,30-31,39,43H,6-7,15-16,18,20H2,2-3H3,(H,41,44)(H,42,45)/t24?,25?,30-,31-/m0/s1. The number of alkyl carbamates (subject to hydrolysis) is 1. The third-order valence-electron chi connectivity index (χ3n) is 8.08. The number of sulfonamides is 1. The Labute approximate surface area is 288 Å². The molecule has 0 saturated carbocycles. The van der Waals surface area contributed by atoms with Gasteiger partial charge in [0.1, 0.15) is 17.6 Å². The number of aromatic nitrogens is 1. The molecule has 10 nitrogen and oxygen atoms in total. The molecule has 4 N–H and O–H groups in total. The molecule has 49 heavy (non-hydrogen) atoms. The molecular formula is C34H37ClF3N5O5S. The maximum Gasteiger partial charge on any atom is 0.407 e. The fourth-order valence-electron chi connectivity index (χ4n) is 5.56. The lowest BCUT2D eigenvalue weighted by Crippen LogP contribution is -2.48. The van der Waals surface area contributed by atoms with Gasteiger partial charge in [-0.3, -0.25) is 9.78 Å². The van der Waals surface area contributed by atoms with Gasteiger partial charge in [-0.05, 0) is 67.1 Å². The molecule has 262 valence electrons. The van der Waals surface area contributed by atoms with Crippen molar-refractivity contribution in [3.05, 3.63) is 94.0 Å². The number of hydrogen-bond acceptors (Lipinski definition) is 7. The summed E-state index contributed by atoms with van der Waals surface area (Å²) < 4.78 is 76.0. The molecular weight excluding hydrogens is 683 g/mol. The Balaban J connectivity index is 1.67. The third kappa shape index (κ3) is 10.4. The Morgan fingerprint density at radius 3 is 2.51 bits per heavy atom. The van der Waals surface area contributed by atoms with Gasteiger partial charge in [-0.25, -0.2) is 22.3 Å². The van der Waals surface area contributed by atoms with Gasteiger partial charge >= 0.3 is 6.09 Å². The minimum absolute atomic E-state index is 0.0181. The largest absolute Gasteiger partial charge is 0.453 e. The molecule has 1 aliphatic rings. The number of carbonyl (C=O) groups is 2. The number of anilines is 1. The number of carbonyl (C=O) groups excluding carboxylic acids is 2. The van der Waals surface area contributed by atoms with Crippen LogP contribution in [0, 0.1) is 18.2 Å². The highest BCUT2D eigenvalue weighted by molar-refractivity contribution is 7.89. The zero-order valence-electron chi connectivity index (χ0n) is 26.8. The number of rotatable bonds is 10. The molecule has 0 radical (unpaired) electrons. The summed E-state index contributed by atoms with van der Waals surface area (Å²) in [6.07, 6.45) is 6.84. The van der Waals surface area contributed by atoms with Crippen LogP contribution in [0.25, 0.3) is 0 Å². The van der Waals surface area contributed by atoms with Gasteiger partial charge in [-0.15, -0.1) is 6.42 Å². The van der Waals surface area contributed by atoms with Crippen molar-refractivity contribution in [2.45, 2.75) is 62.6 Å². The molecule has 2 heterocycles. The number of terminal acetylenes is 1. The number of hydrogen-bond donors (Lipinski definition) is 4. The molecule has 0 bridgehead atoms. The van der Waals surface area contributed by atoms with Crippen LogP contribution in [-0.2, 0) is 31.9 Å². The first-order chi connectivity index (χ1) is 23.2. The minimum Gasteiger partial charge on any atom is -0.453 e. The van der Waals surface area contributed by atoms with Crippen molar-refractivity contribution < 1.29 is 35.9 Å². The van der Waals surface area contributed by atoms with E-state index in [-0.39, 0.29) is 42.4 Å². The predicted molar refractivity (Wildman–Crippen MR) is 180 cm³/mol. The monoisotopic (exact) mass is 719 g/mol. The number of ether oxygens (including phenoxy) is 1. The van der Waals surface area contributed by atoms with Crippen molar-refractivity contribution in [2.24, 2.45) is 0 Å². The van der Waals surface area contributed by atoms with Crippen LogP contribution in [0.1, 0.15) is 54.5 Å². The Morgan fingerprint density at radius 1 is 1.16 bits per heavy atom. The summed E-state index contributed by atoms with van der Waals surface area (Å²) in [6.45, 7) is 0.907. The lowest BCUT2D eigenvalue weighted by Gasteiger charge is -2.28. The summed E-state index contributed by atoms with van der Waals surface area (Å²) in [5, 5.41) is 8.78. The molecule has 1 aromatic heterocycles. The molecule has 2 unspecified atom stereocenters. The number of amides is 2. The normalized spacial score (nSPS) is 19.2. The Morgan fingerprint density at radius 2 is 1.88 bits per heavy atom. The highest BCUT2D eigenvalue weighted by atomic mass is 35.5. The number of alkyl halides is 2. The molecule has 0 aliphatic carbocycles. The summed E-state index contributed by atoms with van der Waals surface area (Å²) in [4.78, 5) is 30.6. The zero-order chi connectivity index (χ0) is 35.8. The average molecular weight is 720 g/mol. The van der Waals surface area contributed by atoms with Crippen LogP contribution in [0.5, 0.6) is 0 Å². The first-order valence-corrected chi connectivity index (χ1v) is 17.5. The van der Waals surface area contributed by atoms with E-state index in [4.69, 9.17) is 22.8 Å². The molecule has 15 heteroatoms. The van der Waals surface area contributed by atoms with E-state index < -0.39 is 57.5 Å². The van der Waals surface area contributed by atoms with Gasteiger partial charge in [0, 0.05) is 47.9 Å². The first kappa shape index (κ1) is 37.7. The summed E-state index contributed by atoms with van der Waals surface area (Å²) in [5.74, 6) is -3.15. The van der Waals surface area contributed by atoms with Crippen LogP contribution in [0.4, 0.5) is 23.7 Å². The van der Waals surface area contributed by atoms with Gasteiger partial charge in [-0.1, -0.05) is 41.8 Å². The van der Waals surface area contributed by atoms with Crippen LogP contribution in [0.3, 0.4) is 0 Å².